The Labute approximate surface area is 144 Å². The third-order valence-electron chi connectivity index (χ3n) is 3.71. The molecule has 7 heteroatoms. The Balaban J connectivity index is 1.79. The Morgan fingerprint density at radius 1 is 1.20 bits per heavy atom. The van der Waals surface area contributed by atoms with E-state index < -0.39 is 5.97 Å². The van der Waals surface area contributed by atoms with Gasteiger partial charge >= 0.3 is 5.97 Å². The topological polar surface area (TPSA) is 92.9 Å². The minimum atomic E-state index is -0.989. The van der Waals surface area contributed by atoms with Crippen LogP contribution in [0.3, 0.4) is 0 Å². The molecule has 0 aliphatic heterocycles. The van der Waals surface area contributed by atoms with E-state index in [1.165, 1.54) is 11.6 Å². The molecule has 1 heterocycles. The lowest BCUT2D eigenvalue weighted by molar-refractivity contribution is 0.0698. The molecule has 7 nitrogen and oxygen atoms in total. The molecule has 2 N–H and O–H groups in total. The Kier molecular flexibility index (Phi) is 4.84. The van der Waals surface area contributed by atoms with Crippen LogP contribution in [0.15, 0.2) is 54.7 Å². The summed E-state index contributed by atoms with van der Waals surface area (Å²) in [6, 6.07) is 14.7. The maximum Gasteiger partial charge on any atom is 0.337 e. The molecule has 1 aromatic heterocycles. The highest BCUT2D eigenvalue weighted by molar-refractivity contribution is 5.94. The van der Waals surface area contributed by atoms with Crippen molar-refractivity contribution in [1.82, 2.24) is 20.2 Å². The van der Waals surface area contributed by atoms with E-state index in [0.717, 1.165) is 12.1 Å². The van der Waals surface area contributed by atoms with Gasteiger partial charge in [0.15, 0.2) is 5.82 Å². The summed E-state index contributed by atoms with van der Waals surface area (Å²) in [5.41, 5.74) is 2.79. The lowest BCUT2D eigenvalue weighted by Gasteiger charge is -2.05. The molecule has 3 rings (SSSR count). The van der Waals surface area contributed by atoms with Gasteiger partial charge in [0.2, 0.25) is 0 Å². The molecule has 0 atom stereocenters. The zero-order chi connectivity index (χ0) is 17.6. The van der Waals surface area contributed by atoms with Gasteiger partial charge in [-0.15, -0.1) is 5.10 Å². The maximum absolute atomic E-state index is 11.2. The maximum atomic E-state index is 11.2. The van der Waals surface area contributed by atoms with Gasteiger partial charge in [-0.25, -0.2) is 4.79 Å². The van der Waals surface area contributed by atoms with Gasteiger partial charge in [0.05, 0.1) is 16.9 Å². The van der Waals surface area contributed by atoms with Crippen LogP contribution < -0.4 is 5.32 Å². The van der Waals surface area contributed by atoms with Crippen molar-refractivity contribution in [3.8, 4) is 5.69 Å². The number of carboxylic acid groups (broad SMARTS) is 1. The van der Waals surface area contributed by atoms with E-state index in [1.54, 1.807) is 35.2 Å². The van der Waals surface area contributed by atoms with Crippen LogP contribution in [0.2, 0.25) is 0 Å². The van der Waals surface area contributed by atoms with E-state index in [0.29, 0.717) is 11.5 Å². The summed E-state index contributed by atoms with van der Waals surface area (Å²) < 4.78 is 1.61. The molecule has 126 valence electrons. The molecule has 0 bridgehead atoms. The lowest BCUT2D eigenvalue weighted by atomic mass is 10.1. The van der Waals surface area contributed by atoms with Crippen LogP contribution in [0, 0.1) is 0 Å². The first kappa shape index (κ1) is 16.4. The van der Waals surface area contributed by atoms with Gasteiger partial charge in [-0.3, -0.25) is 0 Å². The molecule has 0 aliphatic rings. The summed E-state index contributed by atoms with van der Waals surface area (Å²) in [5, 5.41) is 23.8. The van der Waals surface area contributed by atoms with Crippen molar-refractivity contribution >= 4 is 17.7 Å². The van der Waals surface area contributed by atoms with Gasteiger partial charge in [-0.05, 0) is 46.7 Å². The second kappa shape index (κ2) is 7.39. The molecule has 2 aromatic carbocycles. The molecule has 0 saturated heterocycles. The number of benzene rings is 2. The van der Waals surface area contributed by atoms with Crippen LogP contribution >= 0.6 is 0 Å². The third-order valence-corrected chi connectivity index (χ3v) is 3.71. The van der Waals surface area contributed by atoms with Crippen LogP contribution in [0.1, 0.15) is 28.7 Å². The number of anilines is 1. The number of nitrogens with one attached hydrogen (secondary N) is 1. The molecule has 0 unspecified atom stereocenters. The Morgan fingerprint density at radius 3 is 2.68 bits per heavy atom. The summed E-state index contributed by atoms with van der Waals surface area (Å²) in [7, 11) is 0. The van der Waals surface area contributed by atoms with Gasteiger partial charge < -0.3 is 10.4 Å². The average molecular weight is 335 g/mol. The number of aryl methyl sites for hydroxylation is 1. The minimum absolute atomic E-state index is 0.196. The standard InChI is InChI=1S/C18H17N5O2/c1-2-13-7-9-14(10-8-13)23-17(20-21-22-23)11-12-19-16-6-4-3-5-15(16)18(24)25/h3-12,19H,2H2,1H3,(H,24,25). The largest absolute Gasteiger partial charge is 0.478 e. The molecule has 3 aromatic rings. The fourth-order valence-electron chi connectivity index (χ4n) is 2.36. The van der Waals surface area contributed by atoms with Crippen LogP contribution in [-0.4, -0.2) is 31.3 Å². The summed E-state index contributed by atoms with van der Waals surface area (Å²) in [5.74, 6) is -0.457. The average Bonchev–Trinajstić information content (AvgIpc) is 3.10. The van der Waals surface area contributed by atoms with Gasteiger partial charge in [-0.1, -0.05) is 31.2 Å². The first-order valence-electron chi connectivity index (χ1n) is 7.82. The van der Waals surface area contributed by atoms with Crippen LogP contribution in [-0.2, 0) is 6.42 Å². The normalized spacial score (nSPS) is 10.9. The number of carbonyl (C=O) groups is 1. The molecule has 0 radical (unpaired) electrons. The monoisotopic (exact) mass is 335 g/mol. The van der Waals surface area contributed by atoms with Crippen molar-refractivity contribution in [2.75, 3.05) is 5.32 Å². The predicted octanol–water partition coefficient (Wildman–Crippen LogP) is 3.01. The fourth-order valence-corrected chi connectivity index (χ4v) is 2.36. The molecular formula is C18H17N5O2. The van der Waals surface area contributed by atoms with Crippen LogP contribution in [0.5, 0.6) is 0 Å². The second-order valence-corrected chi connectivity index (χ2v) is 5.30. The number of nitrogens with zero attached hydrogens (tertiary/aromatic N) is 4. The van der Waals surface area contributed by atoms with Crippen molar-refractivity contribution in [3.63, 3.8) is 0 Å². The van der Waals surface area contributed by atoms with Gasteiger partial charge in [0.1, 0.15) is 0 Å². The zero-order valence-corrected chi connectivity index (χ0v) is 13.6. The molecule has 0 aliphatic carbocycles. The Bertz CT molecular complexity index is 900. The molecule has 0 amide bonds. The number of hydrogen-bond donors (Lipinski definition) is 2. The van der Waals surface area contributed by atoms with Crippen molar-refractivity contribution in [2.45, 2.75) is 13.3 Å². The van der Waals surface area contributed by atoms with E-state index in [2.05, 4.69) is 27.8 Å². The molecule has 0 saturated carbocycles. The summed E-state index contributed by atoms with van der Waals surface area (Å²) in [6.07, 6.45) is 4.27. The smallest absolute Gasteiger partial charge is 0.337 e. The van der Waals surface area contributed by atoms with E-state index in [1.807, 2.05) is 24.3 Å². The Morgan fingerprint density at radius 2 is 1.96 bits per heavy atom. The second-order valence-electron chi connectivity index (χ2n) is 5.30. The number of para-hydroxylation sites is 1. The highest BCUT2D eigenvalue weighted by Gasteiger charge is 2.08. The zero-order valence-electron chi connectivity index (χ0n) is 13.6. The van der Waals surface area contributed by atoms with Crippen molar-refractivity contribution in [2.24, 2.45) is 0 Å². The highest BCUT2D eigenvalue weighted by Crippen LogP contribution is 2.15. The number of rotatable bonds is 6. The third kappa shape index (κ3) is 3.72. The van der Waals surface area contributed by atoms with E-state index in [4.69, 9.17) is 0 Å². The summed E-state index contributed by atoms with van der Waals surface area (Å²) >= 11 is 0. The van der Waals surface area contributed by atoms with E-state index in [9.17, 15) is 9.90 Å². The van der Waals surface area contributed by atoms with Gasteiger partial charge in [-0.2, -0.15) is 4.68 Å². The number of tetrazole rings is 1. The van der Waals surface area contributed by atoms with Crippen molar-refractivity contribution in [1.29, 1.82) is 0 Å². The molecule has 25 heavy (non-hydrogen) atoms. The number of aromatic nitrogens is 4. The lowest BCUT2D eigenvalue weighted by Crippen LogP contribution is -2.02. The molecule has 0 fully saturated rings. The minimum Gasteiger partial charge on any atom is -0.478 e. The number of carboxylic acids is 1. The predicted molar refractivity (Wildman–Crippen MR) is 94.6 cm³/mol. The van der Waals surface area contributed by atoms with Gasteiger partial charge in [0.25, 0.3) is 0 Å². The van der Waals surface area contributed by atoms with Crippen molar-refractivity contribution in [3.05, 3.63) is 71.7 Å². The quantitative estimate of drug-likeness (QED) is 0.719. The molecular weight excluding hydrogens is 318 g/mol. The van der Waals surface area contributed by atoms with E-state index in [-0.39, 0.29) is 5.56 Å². The Hall–Kier alpha value is -3.48. The first-order chi connectivity index (χ1) is 12.2. The van der Waals surface area contributed by atoms with Crippen LogP contribution in [0.4, 0.5) is 5.69 Å². The highest BCUT2D eigenvalue weighted by atomic mass is 16.4. The van der Waals surface area contributed by atoms with Gasteiger partial charge in [0, 0.05) is 12.3 Å². The van der Waals surface area contributed by atoms with Crippen LogP contribution in [0.25, 0.3) is 11.8 Å². The fraction of sp³-hybridized carbons (Fsp3) is 0.111. The van der Waals surface area contributed by atoms with Crippen molar-refractivity contribution < 1.29 is 9.90 Å². The summed E-state index contributed by atoms with van der Waals surface area (Å²) in [4.78, 5) is 11.2. The summed E-state index contributed by atoms with van der Waals surface area (Å²) in [6.45, 7) is 2.10. The number of hydrogen-bond acceptors (Lipinski definition) is 5. The first-order valence-corrected chi connectivity index (χ1v) is 7.82. The number of aromatic carboxylic acids is 1. The molecule has 0 spiro atoms. The SMILES string of the molecule is CCc1ccc(-n2nnnc2C=CNc2ccccc2C(=O)O)cc1. The van der Waals surface area contributed by atoms with E-state index >= 15 is 0 Å².